The summed E-state index contributed by atoms with van der Waals surface area (Å²) in [5, 5.41) is 11.5. The minimum Gasteiger partial charge on any atom is -0.493 e. The van der Waals surface area contributed by atoms with Crippen LogP contribution in [0, 0.1) is 5.92 Å². The van der Waals surface area contributed by atoms with Crippen molar-refractivity contribution in [2.45, 2.75) is 26.3 Å². The molecule has 0 aliphatic carbocycles. The van der Waals surface area contributed by atoms with Gasteiger partial charge in [0.15, 0.2) is 17.2 Å². The van der Waals surface area contributed by atoms with Crippen LogP contribution in [0.4, 0.5) is 5.82 Å². The molecule has 0 saturated carbocycles. The van der Waals surface area contributed by atoms with Gasteiger partial charge in [-0.15, -0.1) is 10.2 Å². The number of aromatic nitrogens is 2. The molecule has 7 nitrogen and oxygen atoms in total. The summed E-state index contributed by atoms with van der Waals surface area (Å²) in [6.45, 7) is 4.32. The number of hydrogen-bond acceptors (Lipinski definition) is 6. The second-order valence-corrected chi connectivity index (χ2v) is 6.85. The Morgan fingerprint density at radius 3 is 2.67 bits per heavy atom. The third-order valence-electron chi connectivity index (χ3n) is 4.75. The Morgan fingerprint density at radius 2 is 2.00 bits per heavy atom. The third-order valence-corrected chi connectivity index (χ3v) is 4.75. The number of carbonyl (C=O) groups is 1. The van der Waals surface area contributed by atoms with Gasteiger partial charge in [0.05, 0.1) is 14.2 Å². The van der Waals surface area contributed by atoms with Crippen molar-refractivity contribution in [3.8, 4) is 11.5 Å². The number of amides is 1. The molecule has 1 fully saturated rings. The molecule has 2 heterocycles. The van der Waals surface area contributed by atoms with Crippen LogP contribution in [-0.2, 0) is 6.54 Å². The van der Waals surface area contributed by atoms with Crippen LogP contribution in [0.2, 0.25) is 0 Å². The number of likely N-dealkylation sites (tertiary alicyclic amines) is 1. The van der Waals surface area contributed by atoms with Crippen LogP contribution in [0.1, 0.15) is 35.8 Å². The molecule has 1 atom stereocenters. The molecule has 0 radical (unpaired) electrons. The SMILES string of the molecule is COc1ccc(CNc2ccc(C(=O)N3CCCC(C)C3)nn2)cc1OC. The van der Waals surface area contributed by atoms with Crippen LogP contribution < -0.4 is 14.8 Å². The van der Waals surface area contributed by atoms with Gasteiger partial charge in [-0.3, -0.25) is 4.79 Å². The van der Waals surface area contributed by atoms with Crippen LogP contribution in [0.25, 0.3) is 0 Å². The van der Waals surface area contributed by atoms with Crippen LogP contribution in [0.5, 0.6) is 11.5 Å². The van der Waals surface area contributed by atoms with Crippen molar-refractivity contribution < 1.29 is 14.3 Å². The highest BCUT2D eigenvalue weighted by Gasteiger charge is 2.23. The number of methoxy groups -OCH3 is 2. The maximum absolute atomic E-state index is 12.5. The Morgan fingerprint density at radius 1 is 1.19 bits per heavy atom. The predicted octanol–water partition coefficient (Wildman–Crippen LogP) is 2.98. The molecule has 2 aromatic rings. The summed E-state index contributed by atoms with van der Waals surface area (Å²) in [5.41, 5.74) is 1.41. The third kappa shape index (κ3) is 4.67. The van der Waals surface area contributed by atoms with Crippen LogP contribution >= 0.6 is 0 Å². The molecule has 3 rings (SSSR count). The Balaban J connectivity index is 1.60. The molecular formula is C20H26N4O3. The van der Waals surface area contributed by atoms with E-state index >= 15 is 0 Å². The van der Waals surface area contributed by atoms with E-state index in [1.54, 1.807) is 26.4 Å². The number of ether oxygens (including phenoxy) is 2. The van der Waals surface area contributed by atoms with E-state index in [1.165, 1.54) is 6.42 Å². The molecule has 1 saturated heterocycles. The Labute approximate surface area is 159 Å². The first-order chi connectivity index (χ1) is 13.1. The van der Waals surface area contributed by atoms with E-state index in [9.17, 15) is 4.79 Å². The normalized spacial score (nSPS) is 16.7. The van der Waals surface area contributed by atoms with Crippen molar-refractivity contribution in [2.24, 2.45) is 5.92 Å². The van der Waals surface area contributed by atoms with E-state index in [0.717, 1.165) is 25.1 Å². The highest BCUT2D eigenvalue weighted by molar-refractivity contribution is 5.92. The number of rotatable bonds is 6. The second kappa shape index (κ2) is 8.70. The molecule has 1 unspecified atom stereocenters. The molecular weight excluding hydrogens is 344 g/mol. The summed E-state index contributed by atoms with van der Waals surface area (Å²) >= 11 is 0. The van der Waals surface area contributed by atoms with Crippen molar-refractivity contribution in [1.29, 1.82) is 0 Å². The van der Waals surface area contributed by atoms with E-state index in [1.807, 2.05) is 23.1 Å². The summed E-state index contributed by atoms with van der Waals surface area (Å²) in [7, 11) is 3.22. The van der Waals surface area contributed by atoms with Gasteiger partial charge >= 0.3 is 0 Å². The van der Waals surface area contributed by atoms with Crippen LogP contribution in [-0.4, -0.2) is 48.3 Å². The molecule has 1 N–H and O–H groups in total. The lowest BCUT2D eigenvalue weighted by Crippen LogP contribution is -2.39. The Kier molecular flexibility index (Phi) is 6.11. The van der Waals surface area contributed by atoms with Gasteiger partial charge in [0.2, 0.25) is 0 Å². The van der Waals surface area contributed by atoms with Gasteiger partial charge < -0.3 is 19.7 Å². The number of nitrogens with zero attached hydrogens (tertiary/aromatic N) is 3. The average molecular weight is 370 g/mol. The minimum absolute atomic E-state index is 0.0412. The van der Waals surface area contributed by atoms with Crippen molar-refractivity contribution in [2.75, 3.05) is 32.6 Å². The Hall–Kier alpha value is -2.83. The number of carbonyl (C=O) groups excluding carboxylic acids is 1. The lowest BCUT2D eigenvalue weighted by molar-refractivity contribution is 0.0676. The van der Waals surface area contributed by atoms with E-state index in [0.29, 0.717) is 35.5 Å². The smallest absolute Gasteiger partial charge is 0.274 e. The molecule has 1 amide bonds. The second-order valence-electron chi connectivity index (χ2n) is 6.85. The molecule has 1 aliphatic rings. The van der Waals surface area contributed by atoms with Gasteiger partial charge in [-0.05, 0) is 48.6 Å². The summed E-state index contributed by atoms with van der Waals surface area (Å²) in [4.78, 5) is 14.4. The van der Waals surface area contributed by atoms with Crippen molar-refractivity contribution in [1.82, 2.24) is 15.1 Å². The molecule has 1 aromatic carbocycles. The van der Waals surface area contributed by atoms with Gasteiger partial charge in [-0.1, -0.05) is 13.0 Å². The summed E-state index contributed by atoms with van der Waals surface area (Å²) in [6, 6.07) is 9.24. The Bertz CT molecular complexity index is 779. The van der Waals surface area contributed by atoms with Gasteiger partial charge in [-0.25, -0.2) is 0 Å². The zero-order valence-electron chi connectivity index (χ0n) is 16.1. The number of benzene rings is 1. The fraction of sp³-hybridized carbons (Fsp3) is 0.450. The summed E-state index contributed by atoms with van der Waals surface area (Å²) in [5.74, 6) is 2.49. The molecule has 0 bridgehead atoms. The summed E-state index contributed by atoms with van der Waals surface area (Å²) < 4.78 is 10.6. The van der Waals surface area contributed by atoms with Crippen molar-refractivity contribution in [3.05, 3.63) is 41.6 Å². The molecule has 0 spiro atoms. The maximum Gasteiger partial charge on any atom is 0.274 e. The first-order valence-electron chi connectivity index (χ1n) is 9.18. The van der Waals surface area contributed by atoms with Crippen LogP contribution in [0.3, 0.4) is 0 Å². The number of anilines is 1. The van der Waals surface area contributed by atoms with E-state index < -0.39 is 0 Å². The van der Waals surface area contributed by atoms with Crippen LogP contribution in [0.15, 0.2) is 30.3 Å². The predicted molar refractivity (Wildman–Crippen MR) is 103 cm³/mol. The largest absolute Gasteiger partial charge is 0.493 e. The van der Waals surface area contributed by atoms with E-state index in [-0.39, 0.29) is 5.91 Å². The fourth-order valence-corrected chi connectivity index (χ4v) is 3.26. The average Bonchev–Trinajstić information content (AvgIpc) is 2.71. The first kappa shape index (κ1) is 18.9. The molecule has 7 heteroatoms. The zero-order chi connectivity index (χ0) is 19.2. The van der Waals surface area contributed by atoms with Gasteiger partial charge in [0.25, 0.3) is 5.91 Å². The summed E-state index contributed by atoms with van der Waals surface area (Å²) in [6.07, 6.45) is 2.22. The van der Waals surface area contributed by atoms with Gasteiger partial charge in [-0.2, -0.15) is 0 Å². The van der Waals surface area contributed by atoms with Crippen molar-refractivity contribution in [3.63, 3.8) is 0 Å². The quantitative estimate of drug-likeness (QED) is 0.842. The monoisotopic (exact) mass is 370 g/mol. The van der Waals surface area contributed by atoms with Gasteiger partial charge in [0, 0.05) is 19.6 Å². The lowest BCUT2D eigenvalue weighted by atomic mass is 10.00. The highest BCUT2D eigenvalue weighted by Crippen LogP contribution is 2.27. The number of piperidine rings is 1. The maximum atomic E-state index is 12.5. The topological polar surface area (TPSA) is 76.6 Å². The lowest BCUT2D eigenvalue weighted by Gasteiger charge is -2.30. The molecule has 144 valence electrons. The molecule has 1 aliphatic heterocycles. The number of nitrogens with one attached hydrogen (secondary N) is 1. The fourth-order valence-electron chi connectivity index (χ4n) is 3.26. The van der Waals surface area contributed by atoms with E-state index in [2.05, 4.69) is 22.4 Å². The van der Waals surface area contributed by atoms with E-state index in [4.69, 9.17) is 9.47 Å². The number of hydrogen-bond donors (Lipinski definition) is 1. The standard InChI is InChI=1S/C20H26N4O3/c1-14-5-4-10-24(13-14)20(25)16-7-9-19(23-22-16)21-12-15-6-8-17(26-2)18(11-15)27-3/h6-9,11,14H,4-5,10,12-13H2,1-3H3,(H,21,23). The highest BCUT2D eigenvalue weighted by atomic mass is 16.5. The minimum atomic E-state index is -0.0412. The first-order valence-corrected chi connectivity index (χ1v) is 9.18. The molecule has 1 aromatic heterocycles. The van der Waals surface area contributed by atoms with Crippen molar-refractivity contribution >= 4 is 11.7 Å². The zero-order valence-corrected chi connectivity index (χ0v) is 16.1. The molecule has 27 heavy (non-hydrogen) atoms. The van der Waals surface area contributed by atoms with Gasteiger partial charge in [0.1, 0.15) is 5.82 Å².